The molecule has 8 nitrogen and oxygen atoms in total. The Bertz CT molecular complexity index is 1470. The van der Waals surface area contributed by atoms with Crippen LogP contribution < -0.4 is 10.5 Å². The average Bonchev–Trinajstić information content (AvgIpc) is 3.34. The number of aromatic hydroxyl groups is 1. The van der Waals surface area contributed by atoms with Gasteiger partial charge in [0.15, 0.2) is 3.95 Å². The van der Waals surface area contributed by atoms with Crippen LogP contribution in [0, 0.1) is 3.95 Å². The number of nitrogens with two attached hydrogens (primary N) is 1. The lowest BCUT2D eigenvalue weighted by Crippen LogP contribution is -2.13. The predicted octanol–water partition coefficient (Wildman–Crippen LogP) is 5.09. The normalized spacial score (nSPS) is 13.8. The highest BCUT2D eigenvalue weighted by atomic mass is 32.2. The van der Waals surface area contributed by atoms with E-state index in [1.54, 1.807) is 10.8 Å². The van der Waals surface area contributed by atoms with Crippen LogP contribution in [0.1, 0.15) is 36.1 Å². The summed E-state index contributed by atoms with van der Waals surface area (Å²) in [4.78, 5) is 17.2. The maximum absolute atomic E-state index is 12.2. The molecule has 4 rings (SSSR count). The number of sulfonamides is 1. The maximum atomic E-state index is 12.2. The molecule has 0 aliphatic carbocycles. The van der Waals surface area contributed by atoms with Crippen LogP contribution in [0.4, 0.5) is 11.4 Å². The number of unbranched alkanes of at least 4 members (excludes halogenated alkanes) is 2. The Kier molecular flexibility index (Phi) is 7.60. The number of aromatic nitrogens is 1. The third kappa shape index (κ3) is 6.12. The molecule has 11 heteroatoms. The van der Waals surface area contributed by atoms with Crippen molar-refractivity contribution in [2.24, 2.45) is 10.1 Å². The first-order valence-corrected chi connectivity index (χ1v) is 13.7. The summed E-state index contributed by atoms with van der Waals surface area (Å²) >= 11 is 6.81. The number of nitrogens with zero attached hydrogens (tertiary/aromatic N) is 2. The minimum absolute atomic E-state index is 0.00803. The number of primary sulfonamides is 1. The van der Waals surface area contributed by atoms with Crippen LogP contribution in [0.25, 0.3) is 11.6 Å². The zero-order valence-electron chi connectivity index (χ0n) is 18.7. The van der Waals surface area contributed by atoms with E-state index in [9.17, 15) is 18.3 Å². The Morgan fingerprint density at radius 1 is 1.14 bits per heavy atom. The molecule has 0 fully saturated rings. The van der Waals surface area contributed by atoms with Gasteiger partial charge in [-0.2, -0.15) is 0 Å². The number of carbonyl (C=O) groups excluding carboxylic acids is 1. The fourth-order valence-corrected chi connectivity index (χ4v) is 5.51. The third-order valence-corrected chi connectivity index (χ3v) is 7.81. The Balaban J connectivity index is 1.26. The zero-order valence-corrected chi connectivity index (χ0v) is 21.1. The minimum Gasteiger partial charge on any atom is -0.493 e. The molecule has 3 aromatic rings. The Morgan fingerprint density at radius 2 is 1.89 bits per heavy atom. The van der Waals surface area contributed by atoms with E-state index in [4.69, 9.17) is 17.4 Å². The molecule has 1 aromatic heterocycles. The molecular weight excluding hydrogens is 504 g/mol. The molecule has 0 unspecified atom stereocenters. The summed E-state index contributed by atoms with van der Waals surface area (Å²) in [7, 11) is -3.76. The number of nitrogens with one attached hydrogen (secondary N) is 1. The van der Waals surface area contributed by atoms with Gasteiger partial charge < -0.3 is 10.4 Å². The van der Waals surface area contributed by atoms with Crippen molar-refractivity contribution >= 4 is 68.7 Å². The number of amides is 1. The van der Waals surface area contributed by atoms with Crippen molar-refractivity contribution in [3.05, 3.63) is 62.9 Å². The van der Waals surface area contributed by atoms with E-state index >= 15 is 0 Å². The number of thiazole rings is 1. The molecule has 0 saturated carbocycles. The number of anilines is 1. The monoisotopic (exact) mass is 528 g/mol. The number of rotatable bonds is 9. The predicted molar refractivity (Wildman–Crippen MR) is 142 cm³/mol. The first kappa shape index (κ1) is 25.0. The van der Waals surface area contributed by atoms with Crippen LogP contribution in [0.2, 0.25) is 0 Å². The van der Waals surface area contributed by atoms with Gasteiger partial charge in [-0.05, 0) is 61.5 Å². The number of aliphatic imine (C=N–C) groups is 1. The lowest BCUT2D eigenvalue weighted by Gasteiger charge is -2.07. The van der Waals surface area contributed by atoms with Gasteiger partial charge in [0.25, 0.3) is 0 Å². The second-order valence-electron chi connectivity index (χ2n) is 8.01. The smallest absolute Gasteiger partial charge is 0.238 e. The first-order chi connectivity index (χ1) is 16.7. The number of hydrogen-bond acceptors (Lipinski definition) is 7. The SMILES string of the molecule is NS(=O)(=O)c1ccc(NC(=O)CCCCCn2c(O)c(/C=C3/C=Nc4ccccc43)sc2=S)cc1. The molecule has 2 aromatic carbocycles. The fraction of sp³-hybridized carbons (Fsp3) is 0.208. The largest absolute Gasteiger partial charge is 0.493 e. The Morgan fingerprint density at radius 3 is 2.63 bits per heavy atom. The van der Waals surface area contributed by atoms with Gasteiger partial charge in [-0.1, -0.05) is 24.6 Å². The van der Waals surface area contributed by atoms with Crippen LogP contribution in [-0.2, 0) is 21.4 Å². The standard InChI is InChI=1S/C24H24N4O4S3/c25-35(31,32)18-11-9-17(10-12-18)27-22(29)8-2-1-5-13-28-23(30)21(34-24(28)33)14-16-15-26-20-7-4-3-6-19(16)20/h3-4,6-7,9-12,14-15,30H,1-2,5,8,13H2,(H,27,29)(H2,25,31,32)/b16-14-. The van der Waals surface area contributed by atoms with Crippen LogP contribution in [0.5, 0.6) is 5.88 Å². The molecular formula is C24H24N4O4S3. The molecule has 0 saturated heterocycles. The molecule has 182 valence electrons. The second-order valence-corrected chi connectivity index (χ2v) is 11.2. The number of carbonyl (C=O) groups is 1. The van der Waals surface area contributed by atoms with Gasteiger partial charge in [-0.3, -0.25) is 14.4 Å². The number of benzene rings is 2. The average molecular weight is 529 g/mol. The van der Waals surface area contributed by atoms with Crippen molar-refractivity contribution in [3.63, 3.8) is 0 Å². The van der Waals surface area contributed by atoms with Crippen LogP contribution in [0.3, 0.4) is 0 Å². The van der Waals surface area contributed by atoms with Gasteiger partial charge in [0.2, 0.25) is 21.8 Å². The van der Waals surface area contributed by atoms with E-state index in [0.29, 0.717) is 33.9 Å². The minimum atomic E-state index is -3.76. The summed E-state index contributed by atoms with van der Waals surface area (Å²) in [6, 6.07) is 13.5. The molecule has 35 heavy (non-hydrogen) atoms. The van der Waals surface area contributed by atoms with E-state index in [0.717, 1.165) is 29.7 Å². The quantitative estimate of drug-likeness (QED) is 0.263. The van der Waals surface area contributed by atoms with Crippen LogP contribution in [0.15, 0.2) is 58.4 Å². The van der Waals surface area contributed by atoms with Gasteiger partial charge >= 0.3 is 0 Å². The summed E-state index contributed by atoms with van der Waals surface area (Å²) < 4.78 is 24.9. The maximum Gasteiger partial charge on any atom is 0.238 e. The van der Waals surface area contributed by atoms with Crippen molar-refractivity contribution < 1.29 is 18.3 Å². The highest BCUT2D eigenvalue weighted by Crippen LogP contribution is 2.35. The zero-order chi connectivity index (χ0) is 25.0. The number of para-hydroxylation sites is 1. The van der Waals surface area contributed by atoms with Crippen molar-refractivity contribution in [2.45, 2.75) is 37.1 Å². The van der Waals surface area contributed by atoms with E-state index < -0.39 is 10.0 Å². The highest BCUT2D eigenvalue weighted by Gasteiger charge is 2.15. The highest BCUT2D eigenvalue weighted by molar-refractivity contribution is 7.89. The van der Waals surface area contributed by atoms with Gasteiger partial charge in [0, 0.05) is 36.0 Å². The van der Waals surface area contributed by atoms with Crippen LogP contribution in [-0.4, -0.2) is 30.2 Å². The molecule has 1 aliphatic heterocycles. The number of hydrogen-bond donors (Lipinski definition) is 3. The Hall–Kier alpha value is -3.12. The van der Waals surface area contributed by atoms with E-state index in [1.165, 1.54) is 35.6 Å². The summed E-state index contributed by atoms with van der Waals surface area (Å²) in [5.74, 6) is -0.0123. The number of fused-ring (bicyclic) bond motifs is 1. The molecule has 2 heterocycles. The van der Waals surface area contributed by atoms with Crippen LogP contribution >= 0.6 is 23.6 Å². The Labute approximate surface area is 212 Å². The summed E-state index contributed by atoms with van der Waals surface area (Å²) in [6.45, 7) is 0.561. The van der Waals surface area contributed by atoms with Gasteiger partial charge in [-0.25, -0.2) is 13.6 Å². The van der Waals surface area contributed by atoms with Gasteiger partial charge in [0.05, 0.1) is 15.5 Å². The van der Waals surface area contributed by atoms with Crippen molar-refractivity contribution in [1.82, 2.24) is 4.57 Å². The molecule has 0 bridgehead atoms. The molecule has 0 atom stereocenters. The van der Waals surface area contributed by atoms with E-state index in [1.807, 2.05) is 30.3 Å². The van der Waals surface area contributed by atoms with Gasteiger partial charge in [0.1, 0.15) is 0 Å². The lowest BCUT2D eigenvalue weighted by molar-refractivity contribution is -0.116. The fourth-order valence-electron chi connectivity index (χ4n) is 3.68. The third-order valence-electron chi connectivity index (χ3n) is 5.49. The molecule has 0 spiro atoms. The van der Waals surface area contributed by atoms with Crippen molar-refractivity contribution in [1.29, 1.82) is 0 Å². The molecule has 0 radical (unpaired) electrons. The molecule has 1 aliphatic rings. The second kappa shape index (κ2) is 10.6. The van der Waals surface area contributed by atoms with Crippen molar-refractivity contribution in [2.75, 3.05) is 5.32 Å². The van der Waals surface area contributed by atoms with Gasteiger partial charge in [-0.15, -0.1) is 11.3 Å². The van der Waals surface area contributed by atoms with E-state index in [2.05, 4.69) is 10.3 Å². The number of allylic oxidation sites excluding steroid dienone is 1. The summed E-state index contributed by atoms with van der Waals surface area (Å²) in [6.07, 6.45) is 6.23. The van der Waals surface area contributed by atoms with Crippen molar-refractivity contribution in [3.8, 4) is 5.88 Å². The molecule has 4 N–H and O–H groups in total. The first-order valence-electron chi connectivity index (χ1n) is 10.9. The summed E-state index contributed by atoms with van der Waals surface area (Å²) in [5.41, 5.74) is 3.38. The summed E-state index contributed by atoms with van der Waals surface area (Å²) in [5, 5.41) is 18.5. The van der Waals surface area contributed by atoms with E-state index in [-0.39, 0.29) is 16.7 Å². The lowest BCUT2D eigenvalue weighted by atomic mass is 10.1. The topological polar surface area (TPSA) is 127 Å². The molecule has 1 amide bonds.